The van der Waals surface area contributed by atoms with Gasteiger partial charge in [-0.15, -0.1) is 0 Å². The van der Waals surface area contributed by atoms with Gasteiger partial charge in [0, 0.05) is 18.0 Å². The van der Waals surface area contributed by atoms with Crippen molar-refractivity contribution in [2.45, 2.75) is 71.9 Å². The number of unbranched alkanes of at least 4 members (excludes halogenated alkanes) is 1. The third-order valence-corrected chi connectivity index (χ3v) is 4.66. The van der Waals surface area contributed by atoms with Crippen LogP contribution in [0, 0.1) is 13.8 Å². The summed E-state index contributed by atoms with van der Waals surface area (Å²) in [6.07, 6.45) is 4.58. The zero-order chi connectivity index (χ0) is 14.8. The Morgan fingerprint density at radius 2 is 1.95 bits per heavy atom. The van der Waals surface area contributed by atoms with Gasteiger partial charge in [-0.25, -0.2) is 0 Å². The van der Waals surface area contributed by atoms with Crippen LogP contribution in [-0.4, -0.2) is 12.1 Å². The Bertz CT molecular complexity index is 469. The van der Waals surface area contributed by atoms with Gasteiger partial charge in [-0.3, -0.25) is 0 Å². The Hall–Kier alpha value is -1.02. The predicted octanol–water partition coefficient (Wildman–Crippen LogP) is 4.69. The number of benzene rings is 1. The summed E-state index contributed by atoms with van der Waals surface area (Å²) >= 11 is 0. The molecule has 2 atom stereocenters. The summed E-state index contributed by atoms with van der Waals surface area (Å²) in [7, 11) is 0. The molecule has 112 valence electrons. The van der Waals surface area contributed by atoms with Crippen LogP contribution < -0.4 is 10.1 Å². The largest absolute Gasteiger partial charge is 0.487 e. The minimum Gasteiger partial charge on any atom is -0.487 e. The number of nitrogens with one attached hydrogen (secondary N) is 1. The molecule has 0 amide bonds. The summed E-state index contributed by atoms with van der Waals surface area (Å²) in [5.74, 6) is 1.08. The zero-order valence-corrected chi connectivity index (χ0v) is 13.7. The Morgan fingerprint density at radius 1 is 1.25 bits per heavy atom. The molecule has 1 aliphatic heterocycles. The molecule has 1 aliphatic rings. The Morgan fingerprint density at radius 3 is 2.60 bits per heavy atom. The second kappa shape index (κ2) is 6.17. The van der Waals surface area contributed by atoms with Gasteiger partial charge in [0.25, 0.3) is 0 Å². The molecule has 0 aliphatic carbocycles. The van der Waals surface area contributed by atoms with Crippen LogP contribution >= 0.6 is 0 Å². The quantitative estimate of drug-likeness (QED) is 0.787. The zero-order valence-electron chi connectivity index (χ0n) is 13.7. The maximum atomic E-state index is 6.30. The van der Waals surface area contributed by atoms with Crippen molar-refractivity contribution in [3.05, 3.63) is 28.8 Å². The molecule has 0 saturated carbocycles. The number of fused-ring (bicyclic) bond motifs is 1. The van der Waals surface area contributed by atoms with Gasteiger partial charge in [-0.2, -0.15) is 0 Å². The van der Waals surface area contributed by atoms with Crippen LogP contribution in [0.4, 0.5) is 0 Å². The lowest BCUT2D eigenvalue weighted by atomic mass is 9.85. The van der Waals surface area contributed by atoms with E-state index in [1.54, 1.807) is 0 Å². The van der Waals surface area contributed by atoms with Crippen molar-refractivity contribution in [2.24, 2.45) is 0 Å². The maximum Gasteiger partial charge on any atom is 0.125 e. The van der Waals surface area contributed by atoms with E-state index in [1.165, 1.54) is 29.5 Å². The van der Waals surface area contributed by atoms with Gasteiger partial charge >= 0.3 is 0 Å². The first-order valence-electron chi connectivity index (χ1n) is 8.02. The Labute approximate surface area is 123 Å². The van der Waals surface area contributed by atoms with E-state index >= 15 is 0 Å². The molecule has 2 nitrogen and oxygen atoms in total. The second-order valence-corrected chi connectivity index (χ2v) is 6.44. The standard InChI is InChI=1S/C18H29NO/c1-6-8-9-19-16-12-18(5,7-2)20-17-11-14(4)13(3)10-15(16)17/h10-11,16,19H,6-9,12H2,1-5H3. The summed E-state index contributed by atoms with van der Waals surface area (Å²) in [4.78, 5) is 0. The van der Waals surface area contributed by atoms with Crippen molar-refractivity contribution < 1.29 is 4.74 Å². The van der Waals surface area contributed by atoms with E-state index in [1.807, 2.05) is 0 Å². The van der Waals surface area contributed by atoms with E-state index in [0.717, 1.165) is 25.1 Å². The van der Waals surface area contributed by atoms with Crippen LogP contribution in [0.1, 0.15) is 69.2 Å². The summed E-state index contributed by atoms with van der Waals surface area (Å²) in [5, 5.41) is 3.73. The van der Waals surface area contributed by atoms with Gasteiger partial charge < -0.3 is 10.1 Å². The Kier molecular flexibility index (Phi) is 4.74. The molecule has 1 aromatic carbocycles. The molecule has 0 radical (unpaired) electrons. The maximum absolute atomic E-state index is 6.30. The first-order valence-corrected chi connectivity index (χ1v) is 8.02. The highest BCUT2D eigenvalue weighted by atomic mass is 16.5. The van der Waals surface area contributed by atoms with Crippen LogP contribution in [0.5, 0.6) is 5.75 Å². The molecule has 1 N–H and O–H groups in total. The van der Waals surface area contributed by atoms with Crippen LogP contribution in [0.2, 0.25) is 0 Å². The predicted molar refractivity (Wildman–Crippen MR) is 85.5 cm³/mol. The van der Waals surface area contributed by atoms with Gasteiger partial charge in [0.05, 0.1) is 0 Å². The minimum absolute atomic E-state index is 0.0431. The highest BCUT2D eigenvalue weighted by Crippen LogP contribution is 2.42. The molecule has 0 aromatic heterocycles. The van der Waals surface area contributed by atoms with Crippen molar-refractivity contribution in [3.8, 4) is 5.75 Å². The number of rotatable bonds is 5. The summed E-state index contributed by atoms with van der Waals surface area (Å²) in [5.41, 5.74) is 3.97. The lowest BCUT2D eigenvalue weighted by molar-refractivity contribution is 0.0441. The summed E-state index contributed by atoms with van der Waals surface area (Å²) in [6, 6.07) is 4.95. The normalized spacial score (nSPS) is 25.1. The van der Waals surface area contributed by atoms with Crippen molar-refractivity contribution in [3.63, 3.8) is 0 Å². The Balaban J connectivity index is 2.30. The topological polar surface area (TPSA) is 21.3 Å². The summed E-state index contributed by atoms with van der Waals surface area (Å²) in [6.45, 7) is 12.1. The van der Waals surface area contributed by atoms with E-state index in [2.05, 4.69) is 52.1 Å². The van der Waals surface area contributed by atoms with E-state index in [9.17, 15) is 0 Å². The fourth-order valence-electron chi connectivity index (χ4n) is 2.87. The van der Waals surface area contributed by atoms with Gasteiger partial charge in [0.15, 0.2) is 0 Å². The molecule has 0 bridgehead atoms. The molecule has 2 rings (SSSR count). The molecule has 2 heteroatoms. The molecule has 0 fully saturated rings. The first-order chi connectivity index (χ1) is 9.49. The van der Waals surface area contributed by atoms with Crippen molar-refractivity contribution >= 4 is 0 Å². The van der Waals surface area contributed by atoms with Crippen LogP contribution in [0.3, 0.4) is 0 Å². The van der Waals surface area contributed by atoms with Crippen LogP contribution in [0.15, 0.2) is 12.1 Å². The van der Waals surface area contributed by atoms with Gasteiger partial charge in [-0.1, -0.05) is 26.3 Å². The van der Waals surface area contributed by atoms with Crippen molar-refractivity contribution in [1.82, 2.24) is 5.32 Å². The molecular formula is C18H29NO. The average molecular weight is 275 g/mol. The monoisotopic (exact) mass is 275 g/mol. The van der Waals surface area contributed by atoms with Crippen molar-refractivity contribution in [2.75, 3.05) is 6.54 Å². The van der Waals surface area contributed by atoms with Crippen LogP contribution in [0.25, 0.3) is 0 Å². The summed E-state index contributed by atoms with van der Waals surface area (Å²) < 4.78 is 6.30. The van der Waals surface area contributed by atoms with E-state index in [0.29, 0.717) is 6.04 Å². The average Bonchev–Trinajstić information content (AvgIpc) is 2.41. The van der Waals surface area contributed by atoms with Gasteiger partial charge in [0.1, 0.15) is 11.4 Å². The fourth-order valence-corrected chi connectivity index (χ4v) is 2.87. The van der Waals surface area contributed by atoms with E-state index < -0.39 is 0 Å². The fraction of sp³-hybridized carbons (Fsp3) is 0.667. The van der Waals surface area contributed by atoms with Gasteiger partial charge in [-0.05, 0) is 57.4 Å². The minimum atomic E-state index is -0.0431. The number of hydrogen-bond donors (Lipinski definition) is 1. The lowest BCUT2D eigenvalue weighted by Crippen LogP contribution is -2.41. The number of aryl methyl sites for hydroxylation is 2. The molecule has 20 heavy (non-hydrogen) atoms. The first kappa shape index (κ1) is 15.4. The molecule has 1 heterocycles. The van der Waals surface area contributed by atoms with Crippen LogP contribution in [-0.2, 0) is 0 Å². The SMILES string of the molecule is CCCCNC1CC(C)(CC)Oc2cc(C)c(C)cc21. The number of hydrogen-bond acceptors (Lipinski definition) is 2. The van der Waals surface area contributed by atoms with Gasteiger partial charge in [0.2, 0.25) is 0 Å². The van der Waals surface area contributed by atoms with E-state index in [-0.39, 0.29) is 5.60 Å². The highest BCUT2D eigenvalue weighted by molar-refractivity contribution is 5.45. The molecular weight excluding hydrogens is 246 g/mol. The smallest absolute Gasteiger partial charge is 0.125 e. The third kappa shape index (κ3) is 3.17. The molecule has 0 spiro atoms. The molecule has 2 unspecified atom stereocenters. The molecule has 0 saturated heterocycles. The third-order valence-electron chi connectivity index (χ3n) is 4.66. The van der Waals surface area contributed by atoms with E-state index in [4.69, 9.17) is 4.74 Å². The lowest BCUT2D eigenvalue weighted by Gasteiger charge is -2.40. The number of ether oxygens (including phenoxy) is 1. The second-order valence-electron chi connectivity index (χ2n) is 6.44. The highest BCUT2D eigenvalue weighted by Gasteiger charge is 2.35. The molecule has 1 aromatic rings. The van der Waals surface area contributed by atoms with Crippen molar-refractivity contribution in [1.29, 1.82) is 0 Å².